The second-order valence-electron chi connectivity index (χ2n) is 5.75. The summed E-state index contributed by atoms with van der Waals surface area (Å²) >= 11 is 2.01. The Morgan fingerprint density at radius 3 is 2.65 bits per heavy atom. The molecule has 1 saturated heterocycles. The van der Waals surface area contributed by atoms with Crippen molar-refractivity contribution in [2.45, 2.75) is 37.2 Å². The zero-order valence-electron chi connectivity index (χ0n) is 12.1. The number of nitrogens with two attached hydrogens (primary N) is 1. The van der Waals surface area contributed by atoms with Crippen molar-refractivity contribution in [2.24, 2.45) is 5.73 Å². The fraction of sp³-hybridized carbons (Fsp3) is 0.625. The van der Waals surface area contributed by atoms with Gasteiger partial charge in [0, 0.05) is 17.5 Å². The van der Waals surface area contributed by atoms with Gasteiger partial charge in [-0.1, -0.05) is 12.1 Å². The van der Waals surface area contributed by atoms with Crippen LogP contribution in [-0.4, -0.2) is 31.3 Å². The van der Waals surface area contributed by atoms with E-state index in [2.05, 4.69) is 6.07 Å². The van der Waals surface area contributed by atoms with Gasteiger partial charge in [-0.05, 0) is 43.3 Å². The maximum absolute atomic E-state index is 6.34. The van der Waals surface area contributed by atoms with Crippen molar-refractivity contribution >= 4 is 11.8 Å². The topological polar surface area (TPSA) is 44.5 Å². The molecule has 0 spiro atoms. The van der Waals surface area contributed by atoms with Crippen LogP contribution in [0.3, 0.4) is 0 Å². The van der Waals surface area contributed by atoms with Crippen molar-refractivity contribution in [1.29, 1.82) is 0 Å². The first-order valence-electron chi connectivity index (χ1n) is 7.41. The average molecular weight is 293 g/mol. The predicted molar refractivity (Wildman–Crippen MR) is 83.9 cm³/mol. The zero-order valence-corrected chi connectivity index (χ0v) is 12.9. The molecule has 2 fully saturated rings. The van der Waals surface area contributed by atoms with Gasteiger partial charge in [0.1, 0.15) is 6.10 Å². The Hall–Kier alpha value is -0.870. The molecule has 20 heavy (non-hydrogen) atoms. The molecular formula is C16H23NO2S. The Kier molecular flexibility index (Phi) is 4.13. The maximum Gasteiger partial charge on any atom is 0.165 e. The lowest BCUT2D eigenvalue weighted by Crippen LogP contribution is -2.25. The molecule has 0 aromatic heterocycles. The van der Waals surface area contributed by atoms with Crippen molar-refractivity contribution < 1.29 is 9.47 Å². The van der Waals surface area contributed by atoms with Crippen molar-refractivity contribution in [3.05, 3.63) is 23.8 Å². The third-order valence-electron chi connectivity index (χ3n) is 4.47. The molecule has 1 saturated carbocycles. The maximum atomic E-state index is 6.34. The fourth-order valence-corrected chi connectivity index (χ4v) is 3.97. The molecule has 2 N–H and O–H groups in total. The summed E-state index contributed by atoms with van der Waals surface area (Å²) in [5, 5.41) is 0. The molecule has 0 unspecified atom stereocenters. The summed E-state index contributed by atoms with van der Waals surface area (Å²) in [4.78, 5) is 0. The Labute approximate surface area is 125 Å². The van der Waals surface area contributed by atoms with Gasteiger partial charge in [-0.15, -0.1) is 0 Å². The van der Waals surface area contributed by atoms with Gasteiger partial charge in [-0.25, -0.2) is 0 Å². The third-order valence-corrected chi connectivity index (χ3v) is 5.52. The highest BCUT2D eigenvalue weighted by atomic mass is 32.2. The highest BCUT2D eigenvalue weighted by Gasteiger charge is 2.45. The molecule has 1 aliphatic heterocycles. The molecule has 0 amide bonds. The lowest BCUT2D eigenvalue weighted by Gasteiger charge is -2.27. The molecule has 0 bridgehead atoms. The van der Waals surface area contributed by atoms with Crippen LogP contribution in [0.2, 0.25) is 0 Å². The first-order valence-corrected chi connectivity index (χ1v) is 8.56. The van der Waals surface area contributed by atoms with Gasteiger partial charge >= 0.3 is 0 Å². The van der Waals surface area contributed by atoms with E-state index < -0.39 is 0 Å². The van der Waals surface area contributed by atoms with Crippen LogP contribution in [0.25, 0.3) is 0 Å². The Morgan fingerprint density at radius 2 is 2.05 bits per heavy atom. The summed E-state index contributed by atoms with van der Waals surface area (Å²) in [6.07, 6.45) is 4.89. The molecule has 110 valence electrons. The van der Waals surface area contributed by atoms with Gasteiger partial charge in [0.05, 0.1) is 7.11 Å². The molecular weight excluding hydrogens is 270 g/mol. The normalized spacial score (nSPS) is 21.5. The number of benzene rings is 1. The van der Waals surface area contributed by atoms with E-state index in [4.69, 9.17) is 15.2 Å². The van der Waals surface area contributed by atoms with E-state index in [1.165, 1.54) is 17.1 Å². The van der Waals surface area contributed by atoms with Crippen LogP contribution in [0.15, 0.2) is 18.2 Å². The van der Waals surface area contributed by atoms with E-state index in [9.17, 15) is 0 Å². The summed E-state index contributed by atoms with van der Waals surface area (Å²) in [5.74, 6) is 4.17. The molecule has 3 nitrogen and oxygen atoms in total. The molecule has 1 aliphatic carbocycles. The second kappa shape index (κ2) is 5.86. The Balaban J connectivity index is 1.90. The van der Waals surface area contributed by atoms with Crippen LogP contribution in [0.5, 0.6) is 11.5 Å². The quantitative estimate of drug-likeness (QED) is 0.906. The van der Waals surface area contributed by atoms with Crippen molar-refractivity contribution in [1.82, 2.24) is 0 Å². The van der Waals surface area contributed by atoms with Crippen molar-refractivity contribution in [2.75, 3.05) is 25.2 Å². The second-order valence-corrected chi connectivity index (χ2v) is 6.98. The van der Waals surface area contributed by atoms with Crippen LogP contribution in [-0.2, 0) is 5.41 Å². The summed E-state index contributed by atoms with van der Waals surface area (Å²) in [7, 11) is 1.71. The third kappa shape index (κ3) is 2.63. The van der Waals surface area contributed by atoms with Crippen molar-refractivity contribution in [3.63, 3.8) is 0 Å². The summed E-state index contributed by atoms with van der Waals surface area (Å²) < 4.78 is 11.9. The molecule has 1 aromatic rings. The lowest BCUT2D eigenvalue weighted by atomic mass is 9.94. The van der Waals surface area contributed by atoms with Gasteiger partial charge in [0.25, 0.3) is 0 Å². The summed E-state index contributed by atoms with van der Waals surface area (Å²) in [6.45, 7) is 0.692. The van der Waals surface area contributed by atoms with E-state index >= 15 is 0 Å². The van der Waals surface area contributed by atoms with E-state index in [0.29, 0.717) is 12.6 Å². The number of rotatable bonds is 5. The molecule has 2 aliphatic rings. The van der Waals surface area contributed by atoms with E-state index in [1.807, 2.05) is 23.9 Å². The first-order chi connectivity index (χ1) is 9.79. The van der Waals surface area contributed by atoms with Gasteiger partial charge in [0.15, 0.2) is 11.5 Å². The predicted octanol–water partition coefficient (Wildman–Crippen LogP) is 2.96. The number of ether oxygens (including phenoxy) is 2. The van der Waals surface area contributed by atoms with Crippen LogP contribution < -0.4 is 15.2 Å². The van der Waals surface area contributed by atoms with Crippen LogP contribution in [0.1, 0.15) is 31.2 Å². The Bertz CT molecular complexity index is 468. The van der Waals surface area contributed by atoms with E-state index in [1.54, 1.807) is 7.11 Å². The van der Waals surface area contributed by atoms with Gasteiger partial charge < -0.3 is 15.2 Å². The van der Waals surface area contributed by atoms with Crippen molar-refractivity contribution in [3.8, 4) is 11.5 Å². The van der Waals surface area contributed by atoms with Crippen LogP contribution >= 0.6 is 11.8 Å². The first kappa shape index (κ1) is 14.1. The highest BCUT2D eigenvalue weighted by Crippen LogP contribution is 2.52. The largest absolute Gasteiger partial charge is 0.493 e. The molecule has 3 rings (SSSR count). The van der Waals surface area contributed by atoms with Gasteiger partial charge in [-0.2, -0.15) is 11.8 Å². The van der Waals surface area contributed by atoms with Crippen LogP contribution in [0, 0.1) is 0 Å². The number of hydrogen-bond donors (Lipinski definition) is 1. The molecule has 1 aromatic carbocycles. The average Bonchev–Trinajstić information content (AvgIpc) is 3.29. The minimum Gasteiger partial charge on any atom is -0.493 e. The zero-order chi connectivity index (χ0) is 14.0. The van der Waals surface area contributed by atoms with E-state index in [0.717, 1.165) is 37.2 Å². The van der Waals surface area contributed by atoms with Gasteiger partial charge in [0.2, 0.25) is 0 Å². The van der Waals surface area contributed by atoms with E-state index in [-0.39, 0.29) is 5.41 Å². The smallest absolute Gasteiger partial charge is 0.165 e. The summed E-state index contributed by atoms with van der Waals surface area (Å²) in [5.41, 5.74) is 7.37. The molecule has 4 heteroatoms. The minimum atomic E-state index is 0.132. The highest BCUT2D eigenvalue weighted by molar-refractivity contribution is 7.99. The molecule has 1 heterocycles. The summed E-state index contributed by atoms with van der Waals surface area (Å²) in [6, 6.07) is 6.20. The number of thioether (sulfide) groups is 1. The lowest BCUT2D eigenvalue weighted by molar-refractivity contribution is 0.181. The standard InChI is InChI=1S/C16H23NO2S/c1-18-14-4-2-3-13(16(11-17)7-8-16)15(14)19-12-5-9-20-10-6-12/h2-4,12H,5-11,17H2,1H3. The monoisotopic (exact) mass is 293 g/mol. The SMILES string of the molecule is COc1cccc(C2(CN)CC2)c1OC1CCSCC1. The minimum absolute atomic E-state index is 0.132. The van der Waals surface area contributed by atoms with Crippen LogP contribution in [0.4, 0.5) is 0 Å². The fourth-order valence-electron chi connectivity index (χ4n) is 2.91. The number of methoxy groups -OCH3 is 1. The number of para-hydroxylation sites is 1. The molecule has 0 atom stereocenters. The van der Waals surface area contributed by atoms with Gasteiger partial charge in [-0.3, -0.25) is 0 Å². The Morgan fingerprint density at radius 1 is 1.30 bits per heavy atom. The molecule has 0 radical (unpaired) electrons. The number of hydrogen-bond acceptors (Lipinski definition) is 4.